The molecule has 0 aliphatic heterocycles. The van der Waals surface area contributed by atoms with Crippen LogP contribution in [-0.2, 0) is 13.6 Å². The third kappa shape index (κ3) is 4.19. The van der Waals surface area contributed by atoms with Gasteiger partial charge in [-0.2, -0.15) is 4.80 Å². The van der Waals surface area contributed by atoms with Crippen molar-refractivity contribution in [3.05, 3.63) is 5.82 Å². The highest BCUT2D eigenvalue weighted by Gasteiger charge is 2.13. The summed E-state index contributed by atoms with van der Waals surface area (Å²) in [5.41, 5.74) is 5.50. The van der Waals surface area contributed by atoms with E-state index >= 15 is 0 Å². The second-order valence-corrected chi connectivity index (χ2v) is 4.50. The third-order valence-electron chi connectivity index (χ3n) is 2.27. The van der Waals surface area contributed by atoms with Gasteiger partial charge < -0.3 is 5.73 Å². The Bertz CT molecular complexity index is 348. The van der Waals surface area contributed by atoms with Gasteiger partial charge in [-0.15, -0.1) is 10.2 Å². The van der Waals surface area contributed by atoms with Crippen LogP contribution < -0.4 is 5.73 Å². The Hall–Kier alpha value is -1.08. The van der Waals surface area contributed by atoms with Crippen LogP contribution in [0.3, 0.4) is 0 Å². The summed E-state index contributed by atoms with van der Waals surface area (Å²) < 4.78 is 0. The van der Waals surface area contributed by atoms with Crippen molar-refractivity contribution >= 4 is 17.2 Å². The number of nitrogens with zero attached hydrogens (tertiary/aromatic N) is 5. The first-order chi connectivity index (χ1) is 7.49. The van der Waals surface area contributed by atoms with E-state index in [2.05, 4.69) is 34.2 Å². The molecule has 0 atom stereocenters. The van der Waals surface area contributed by atoms with Gasteiger partial charge in [0.15, 0.2) is 5.82 Å². The van der Waals surface area contributed by atoms with Gasteiger partial charge >= 0.3 is 0 Å². The minimum atomic E-state index is 0.401. The molecular formula is C9H18N6S. The second-order valence-electron chi connectivity index (χ2n) is 3.98. The number of rotatable bonds is 6. The smallest absolute Gasteiger partial charge is 0.188 e. The normalized spacial score (nSPS) is 11.3. The summed E-state index contributed by atoms with van der Waals surface area (Å²) in [6, 6.07) is 0.401. The van der Waals surface area contributed by atoms with E-state index in [-0.39, 0.29) is 0 Å². The Morgan fingerprint density at radius 2 is 2.25 bits per heavy atom. The van der Waals surface area contributed by atoms with Crippen LogP contribution in [0.25, 0.3) is 0 Å². The Balaban J connectivity index is 2.54. The first-order valence-corrected chi connectivity index (χ1v) is 5.65. The van der Waals surface area contributed by atoms with E-state index < -0.39 is 0 Å². The molecule has 0 aromatic carbocycles. The molecule has 0 saturated carbocycles. The summed E-state index contributed by atoms with van der Waals surface area (Å²) >= 11 is 4.87. The van der Waals surface area contributed by atoms with Gasteiger partial charge in [-0.25, -0.2) is 0 Å². The van der Waals surface area contributed by atoms with E-state index in [4.69, 9.17) is 18.0 Å². The lowest BCUT2D eigenvalue weighted by molar-refractivity contribution is 0.213. The predicted octanol–water partition coefficient (Wildman–Crippen LogP) is 0.0967. The highest BCUT2D eigenvalue weighted by molar-refractivity contribution is 7.80. The van der Waals surface area contributed by atoms with Crippen LogP contribution >= 0.6 is 12.2 Å². The standard InChI is InChI=1S/C9H18N6S/c1-7(2)15(5-4-8(10)16)6-9-11-13-14(3)12-9/h7H,4-6H2,1-3H3,(H2,10,16). The van der Waals surface area contributed by atoms with Crippen molar-refractivity contribution in [2.24, 2.45) is 12.8 Å². The van der Waals surface area contributed by atoms with Crippen LogP contribution in [0, 0.1) is 0 Å². The fourth-order valence-electron chi connectivity index (χ4n) is 1.34. The number of tetrazole rings is 1. The van der Waals surface area contributed by atoms with Crippen molar-refractivity contribution in [1.82, 2.24) is 25.1 Å². The Morgan fingerprint density at radius 1 is 1.56 bits per heavy atom. The van der Waals surface area contributed by atoms with E-state index in [9.17, 15) is 0 Å². The molecule has 0 unspecified atom stereocenters. The average molecular weight is 242 g/mol. The Kier molecular flexibility index (Phi) is 4.75. The molecule has 0 spiro atoms. The molecule has 6 nitrogen and oxygen atoms in total. The van der Waals surface area contributed by atoms with Gasteiger partial charge in [0.1, 0.15) is 0 Å². The number of aryl methyl sites for hydroxylation is 1. The van der Waals surface area contributed by atoms with E-state index in [1.54, 1.807) is 7.05 Å². The number of hydrogen-bond acceptors (Lipinski definition) is 5. The highest BCUT2D eigenvalue weighted by Crippen LogP contribution is 2.04. The summed E-state index contributed by atoms with van der Waals surface area (Å²) in [4.78, 5) is 4.22. The zero-order chi connectivity index (χ0) is 12.1. The maximum atomic E-state index is 5.50. The first kappa shape index (κ1) is 13.0. The van der Waals surface area contributed by atoms with Crippen LogP contribution in [0.4, 0.5) is 0 Å². The van der Waals surface area contributed by atoms with E-state index in [0.29, 0.717) is 24.0 Å². The van der Waals surface area contributed by atoms with Crippen molar-refractivity contribution in [2.75, 3.05) is 6.54 Å². The fraction of sp³-hybridized carbons (Fsp3) is 0.778. The second kappa shape index (κ2) is 5.86. The molecule has 1 heterocycles. The molecule has 7 heteroatoms. The maximum absolute atomic E-state index is 5.50. The van der Waals surface area contributed by atoms with Crippen molar-refractivity contribution in [1.29, 1.82) is 0 Å². The molecule has 0 aliphatic rings. The summed E-state index contributed by atoms with van der Waals surface area (Å²) in [5, 5.41) is 11.9. The molecule has 0 bridgehead atoms. The molecule has 0 radical (unpaired) electrons. The van der Waals surface area contributed by atoms with Crippen molar-refractivity contribution in [3.8, 4) is 0 Å². The lowest BCUT2D eigenvalue weighted by Crippen LogP contribution is -2.33. The zero-order valence-electron chi connectivity index (χ0n) is 9.92. The van der Waals surface area contributed by atoms with Crippen molar-refractivity contribution < 1.29 is 0 Å². The number of thiocarbonyl (C=S) groups is 1. The van der Waals surface area contributed by atoms with Crippen molar-refractivity contribution in [2.45, 2.75) is 32.9 Å². The number of aromatic nitrogens is 4. The fourth-order valence-corrected chi connectivity index (χ4v) is 1.43. The maximum Gasteiger partial charge on any atom is 0.188 e. The molecule has 1 aromatic heterocycles. The summed E-state index contributed by atoms with van der Waals surface area (Å²) in [6.45, 7) is 5.74. The molecule has 0 saturated heterocycles. The zero-order valence-corrected chi connectivity index (χ0v) is 10.7. The van der Waals surface area contributed by atoms with Crippen LogP contribution in [-0.4, -0.2) is 42.7 Å². The molecule has 2 N–H and O–H groups in total. The minimum Gasteiger partial charge on any atom is -0.393 e. The number of hydrogen-bond donors (Lipinski definition) is 1. The van der Waals surface area contributed by atoms with E-state index in [0.717, 1.165) is 12.4 Å². The van der Waals surface area contributed by atoms with Gasteiger partial charge in [0.25, 0.3) is 0 Å². The average Bonchev–Trinajstić information content (AvgIpc) is 2.57. The van der Waals surface area contributed by atoms with Crippen molar-refractivity contribution in [3.63, 3.8) is 0 Å². The van der Waals surface area contributed by atoms with Gasteiger partial charge in [0, 0.05) is 19.0 Å². The predicted molar refractivity (Wildman–Crippen MR) is 65.7 cm³/mol. The first-order valence-electron chi connectivity index (χ1n) is 5.24. The molecule has 16 heavy (non-hydrogen) atoms. The Morgan fingerprint density at radius 3 is 2.69 bits per heavy atom. The van der Waals surface area contributed by atoms with Crippen LogP contribution in [0.1, 0.15) is 26.1 Å². The molecule has 0 fully saturated rings. The van der Waals surface area contributed by atoms with Gasteiger partial charge in [-0.3, -0.25) is 4.90 Å². The van der Waals surface area contributed by atoms with Gasteiger partial charge in [-0.1, -0.05) is 12.2 Å². The van der Waals surface area contributed by atoms with Gasteiger partial charge in [0.05, 0.1) is 18.6 Å². The van der Waals surface area contributed by atoms with Crippen LogP contribution in [0.15, 0.2) is 0 Å². The summed E-state index contributed by atoms with van der Waals surface area (Å²) in [6.07, 6.45) is 0.716. The van der Waals surface area contributed by atoms with Crippen LogP contribution in [0.5, 0.6) is 0 Å². The summed E-state index contributed by atoms with van der Waals surface area (Å²) in [7, 11) is 1.76. The van der Waals surface area contributed by atoms with Gasteiger partial charge in [-0.05, 0) is 19.1 Å². The molecular weight excluding hydrogens is 224 g/mol. The lowest BCUT2D eigenvalue weighted by atomic mass is 10.3. The molecule has 90 valence electrons. The Labute approximate surface area is 101 Å². The highest BCUT2D eigenvalue weighted by atomic mass is 32.1. The molecule has 1 aromatic rings. The molecule has 0 aliphatic carbocycles. The topological polar surface area (TPSA) is 72.9 Å². The quantitative estimate of drug-likeness (QED) is 0.713. The van der Waals surface area contributed by atoms with E-state index in [1.807, 2.05) is 0 Å². The SMILES string of the molecule is CC(C)N(CCC(N)=S)Cc1nnn(C)n1. The van der Waals surface area contributed by atoms with E-state index in [1.165, 1.54) is 4.80 Å². The monoisotopic (exact) mass is 242 g/mol. The third-order valence-corrected chi connectivity index (χ3v) is 2.47. The largest absolute Gasteiger partial charge is 0.393 e. The summed E-state index contributed by atoms with van der Waals surface area (Å²) in [5.74, 6) is 0.721. The molecule has 1 rings (SSSR count). The molecule has 0 amide bonds. The van der Waals surface area contributed by atoms with Gasteiger partial charge in [0.2, 0.25) is 0 Å². The van der Waals surface area contributed by atoms with Crippen LogP contribution in [0.2, 0.25) is 0 Å². The number of nitrogens with two attached hydrogens (primary N) is 1. The lowest BCUT2D eigenvalue weighted by Gasteiger charge is -2.24. The minimum absolute atomic E-state index is 0.401.